The minimum atomic E-state index is 0.470. The summed E-state index contributed by atoms with van der Waals surface area (Å²) < 4.78 is 7.26. The zero-order valence-electron chi connectivity index (χ0n) is 12.5. The highest BCUT2D eigenvalue weighted by molar-refractivity contribution is 4.89. The van der Waals surface area contributed by atoms with Gasteiger partial charge < -0.3 is 4.52 Å². The number of aromatic nitrogens is 5. The van der Waals surface area contributed by atoms with Crippen LogP contribution >= 0.6 is 0 Å². The summed E-state index contributed by atoms with van der Waals surface area (Å²) in [5, 5.41) is 8.24. The monoisotopic (exact) mass is 290 g/mol. The molecule has 0 aromatic carbocycles. The second-order valence-corrected chi connectivity index (χ2v) is 5.59. The first-order chi connectivity index (χ1) is 10.3. The molecule has 0 unspecified atom stereocenters. The number of hydrogen-bond acceptors (Lipinski definition) is 6. The normalized spacial score (nSPS) is 19.4. The van der Waals surface area contributed by atoms with E-state index in [1.807, 2.05) is 4.68 Å². The fraction of sp³-hybridized carbons (Fsp3) is 0.714. The van der Waals surface area contributed by atoms with Crippen molar-refractivity contribution >= 4 is 0 Å². The summed E-state index contributed by atoms with van der Waals surface area (Å²) in [4.78, 5) is 10.9. The van der Waals surface area contributed by atoms with Crippen LogP contribution in [0.3, 0.4) is 0 Å². The van der Waals surface area contributed by atoms with E-state index >= 15 is 0 Å². The third-order valence-corrected chi connectivity index (χ3v) is 3.97. The molecule has 0 aliphatic carbocycles. The van der Waals surface area contributed by atoms with Crippen molar-refractivity contribution in [2.24, 2.45) is 0 Å². The van der Waals surface area contributed by atoms with Gasteiger partial charge in [0.2, 0.25) is 5.89 Å². The second-order valence-electron chi connectivity index (χ2n) is 5.59. The first-order valence-corrected chi connectivity index (χ1v) is 7.73. The Bertz CT molecular complexity index is 537. The van der Waals surface area contributed by atoms with Gasteiger partial charge in [0, 0.05) is 12.5 Å². The van der Waals surface area contributed by atoms with Gasteiger partial charge in [0.05, 0.1) is 13.1 Å². The summed E-state index contributed by atoms with van der Waals surface area (Å²) >= 11 is 0. The Morgan fingerprint density at radius 3 is 3.19 bits per heavy atom. The molecule has 3 rings (SSSR count). The van der Waals surface area contributed by atoms with Gasteiger partial charge in [-0.05, 0) is 25.8 Å². The average molecular weight is 290 g/mol. The van der Waals surface area contributed by atoms with E-state index in [9.17, 15) is 0 Å². The predicted octanol–water partition coefficient (Wildman–Crippen LogP) is 1.67. The third kappa shape index (κ3) is 3.66. The molecule has 0 N–H and O–H groups in total. The van der Waals surface area contributed by atoms with Crippen LogP contribution in [0.2, 0.25) is 0 Å². The van der Waals surface area contributed by atoms with Gasteiger partial charge in [-0.25, -0.2) is 4.98 Å². The van der Waals surface area contributed by atoms with E-state index in [0.29, 0.717) is 6.04 Å². The van der Waals surface area contributed by atoms with Gasteiger partial charge in [0.1, 0.15) is 12.7 Å². The number of nitrogens with zero attached hydrogens (tertiary/aromatic N) is 6. The van der Waals surface area contributed by atoms with Crippen molar-refractivity contribution in [2.75, 3.05) is 6.54 Å². The van der Waals surface area contributed by atoms with E-state index < -0.39 is 0 Å². The van der Waals surface area contributed by atoms with E-state index in [1.165, 1.54) is 12.8 Å². The maximum absolute atomic E-state index is 5.37. The van der Waals surface area contributed by atoms with Crippen LogP contribution in [0.1, 0.15) is 44.3 Å². The van der Waals surface area contributed by atoms with Crippen LogP contribution < -0.4 is 0 Å². The fourth-order valence-corrected chi connectivity index (χ4v) is 2.82. The minimum Gasteiger partial charge on any atom is -0.338 e. The highest BCUT2D eigenvalue weighted by Crippen LogP contribution is 2.20. The summed E-state index contributed by atoms with van der Waals surface area (Å²) in [5.74, 6) is 1.56. The molecule has 1 atom stereocenters. The Morgan fingerprint density at radius 2 is 2.38 bits per heavy atom. The second kappa shape index (κ2) is 6.80. The molecule has 0 saturated carbocycles. The van der Waals surface area contributed by atoms with Crippen LogP contribution in [-0.2, 0) is 19.5 Å². The molecule has 1 fully saturated rings. The number of aryl methyl sites for hydroxylation is 1. The first kappa shape index (κ1) is 14.2. The molecule has 2 aromatic heterocycles. The molecule has 0 radical (unpaired) electrons. The standard InChI is InChI=1S/C14H22N6O/c1-2-3-6-13-17-14(21-18-13)9-19-7-4-5-12(19)8-20-11-15-10-16-20/h10-12H,2-9H2,1H3/t12-/m1/s1. The lowest BCUT2D eigenvalue weighted by atomic mass is 10.2. The van der Waals surface area contributed by atoms with Crippen LogP contribution in [0, 0.1) is 0 Å². The molecule has 1 saturated heterocycles. The Morgan fingerprint density at radius 1 is 1.43 bits per heavy atom. The molecule has 3 heterocycles. The zero-order valence-corrected chi connectivity index (χ0v) is 12.5. The van der Waals surface area contributed by atoms with Crippen molar-refractivity contribution in [1.29, 1.82) is 0 Å². The van der Waals surface area contributed by atoms with E-state index in [4.69, 9.17) is 4.52 Å². The first-order valence-electron chi connectivity index (χ1n) is 7.73. The number of hydrogen-bond donors (Lipinski definition) is 0. The van der Waals surface area contributed by atoms with Crippen molar-refractivity contribution in [3.8, 4) is 0 Å². The highest BCUT2D eigenvalue weighted by Gasteiger charge is 2.26. The van der Waals surface area contributed by atoms with Crippen molar-refractivity contribution < 1.29 is 4.52 Å². The largest absolute Gasteiger partial charge is 0.338 e. The molecule has 0 bridgehead atoms. The van der Waals surface area contributed by atoms with Crippen molar-refractivity contribution in [3.63, 3.8) is 0 Å². The molecule has 114 valence electrons. The van der Waals surface area contributed by atoms with E-state index in [1.54, 1.807) is 12.7 Å². The molecule has 0 spiro atoms. The van der Waals surface area contributed by atoms with Gasteiger partial charge in [0.15, 0.2) is 5.82 Å². The predicted molar refractivity (Wildman–Crippen MR) is 76.4 cm³/mol. The molecule has 0 amide bonds. The molecule has 7 heteroatoms. The van der Waals surface area contributed by atoms with Gasteiger partial charge in [-0.2, -0.15) is 10.1 Å². The Labute approximate surface area is 124 Å². The zero-order chi connectivity index (χ0) is 14.5. The molecular formula is C14H22N6O. The average Bonchev–Trinajstić information content (AvgIpc) is 3.21. The van der Waals surface area contributed by atoms with Crippen molar-refractivity contribution in [2.45, 2.75) is 58.2 Å². The lowest BCUT2D eigenvalue weighted by Crippen LogP contribution is -2.32. The number of rotatable bonds is 7. The van der Waals surface area contributed by atoms with Crippen LogP contribution in [0.15, 0.2) is 17.2 Å². The lowest BCUT2D eigenvalue weighted by molar-refractivity contribution is 0.191. The maximum Gasteiger partial charge on any atom is 0.240 e. The smallest absolute Gasteiger partial charge is 0.240 e. The third-order valence-electron chi connectivity index (χ3n) is 3.97. The number of unbranched alkanes of at least 4 members (excludes halogenated alkanes) is 1. The number of likely N-dealkylation sites (tertiary alicyclic amines) is 1. The van der Waals surface area contributed by atoms with Crippen LogP contribution in [-0.4, -0.2) is 42.4 Å². The lowest BCUT2D eigenvalue weighted by Gasteiger charge is -2.22. The summed E-state index contributed by atoms with van der Waals surface area (Å²) in [6, 6.07) is 0.470. The van der Waals surface area contributed by atoms with E-state index in [2.05, 4.69) is 32.0 Å². The SMILES string of the molecule is CCCCc1noc(CN2CCC[C@@H]2Cn2cncn2)n1. The van der Waals surface area contributed by atoms with Gasteiger partial charge in [-0.3, -0.25) is 9.58 Å². The van der Waals surface area contributed by atoms with Gasteiger partial charge in [0.25, 0.3) is 0 Å². The molecule has 1 aliphatic heterocycles. The molecule has 1 aliphatic rings. The molecular weight excluding hydrogens is 268 g/mol. The molecule has 7 nitrogen and oxygen atoms in total. The maximum atomic E-state index is 5.37. The summed E-state index contributed by atoms with van der Waals surface area (Å²) in [5.41, 5.74) is 0. The highest BCUT2D eigenvalue weighted by atomic mass is 16.5. The quantitative estimate of drug-likeness (QED) is 0.772. The van der Waals surface area contributed by atoms with Gasteiger partial charge in [-0.15, -0.1) is 0 Å². The summed E-state index contributed by atoms with van der Waals surface area (Å²) in [6.07, 6.45) is 8.90. The van der Waals surface area contributed by atoms with E-state index in [0.717, 1.165) is 50.6 Å². The Hall–Kier alpha value is -1.76. The molecule has 2 aromatic rings. The van der Waals surface area contributed by atoms with Crippen LogP contribution in [0.5, 0.6) is 0 Å². The van der Waals surface area contributed by atoms with Gasteiger partial charge in [-0.1, -0.05) is 18.5 Å². The summed E-state index contributed by atoms with van der Waals surface area (Å²) in [6.45, 7) is 4.85. The van der Waals surface area contributed by atoms with Crippen molar-refractivity contribution in [3.05, 3.63) is 24.4 Å². The van der Waals surface area contributed by atoms with Crippen LogP contribution in [0.4, 0.5) is 0 Å². The fourth-order valence-electron chi connectivity index (χ4n) is 2.82. The van der Waals surface area contributed by atoms with Crippen molar-refractivity contribution in [1.82, 2.24) is 29.8 Å². The Kier molecular flexibility index (Phi) is 4.59. The molecule has 21 heavy (non-hydrogen) atoms. The van der Waals surface area contributed by atoms with E-state index in [-0.39, 0.29) is 0 Å². The summed E-state index contributed by atoms with van der Waals surface area (Å²) in [7, 11) is 0. The van der Waals surface area contributed by atoms with Gasteiger partial charge >= 0.3 is 0 Å². The van der Waals surface area contributed by atoms with Crippen LogP contribution in [0.25, 0.3) is 0 Å². The minimum absolute atomic E-state index is 0.470. The Balaban J connectivity index is 1.56. The topological polar surface area (TPSA) is 72.9 Å².